The molecule has 132 valence electrons. The number of nitrogens with zero attached hydrogens (tertiary/aromatic N) is 2. The van der Waals surface area contributed by atoms with Crippen molar-refractivity contribution in [1.82, 2.24) is 9.29 Å². The lowest BCUT2D eigenvalue weighted by Crippen LogP contribution is -2.36. The molecule has 0 aliphatic heterocycles. The van der Waals surface area contributed by atoms with Gasteiger partial charge in [-0.15, -0.1) is 0 Å². The molecular formula is C17H19N3O4S. The van der Waals surface area contributed by atoms with Crippen LogP contribution in [0.1, 0.15) is 22.8 Å². The standard InChI is InChI=1S/C17H19N3O4S/c1-13(21)15-4-3-5-16(10-15)19-17(22)12-20(25(2,23)24)11-14-6-8-18-9-7-14/h3-10H,11-12H2,1-2H3,(H,19,22). The average molecular weight is 361 g/mol. The largest absolute Gasteiger partial charge is 0.325 e. The predicted molar refractivity (Wildman–Crippen MR) is 94.6 cm³/mol. The maximum atomic E-state index is 12.2. The normalized spacial score (nSPS) is 11.3. The van der Waals surface area contributed by atoms with Gasteiger partial charge in [0.2, 0.25) is 15.9 Å². The predicted octanol–water partition coefficient (Wildman–Crippen LogP) is 1.68. The van der Waals surface area contributed by atoms with Crippen molar-refractivity contribution >= 4 is 27.4 Å². The third-order valence-corrected chi connectivity index (χ3v) is 4.65. The van der Waals surface area contributed by atoms with Crippen LogP contribution in [-0.2, 0) is 21.4 Å². The summed E-state index contributed by atoms with van der Waals surface area (Å²) in [4.78, 5) is 27.5. The Labute approximate surface area is 146 Å². The van der Waals surface area contributed by atoms with Gasteiger partial charge in [0.05, 0.1) is 12.8 Å². The zero-order chi connectivity index (χ0) is 18.4. The van der Waals surface area contributed by atoms with Crippen molar-refractivity contribution < 1.29 is 18.0 Å². The van der Waals surface area contributed by atoms with Gasteiger partial charge in [0.15, 0.2) is 5.78 Å². The molecule has 1 N–H and O–H groups in total. The number of nitrogens with one attached hydrogen (secondary N) is 1. The summed E-state index contributed by atoms with van der Waals surface area (Å²) < 4.78 is 25.0. The quantitative estimate of drug-likeness (QED) is 0.757. The van der Waals surface area contributed by atoms with Crippen LogP contribution in [-0.4, -0.2) is 42.2 Å². The fourth-order valence-electron chi connectivity index (χ4n) is 2.16. The summed E-state index contributed by atoms with van der Waals surface area (Å²) in [5, 5.41) is 2.62. The zero-order valence-electron chi connectivity index (χ0n) is 14.0. The van der Waals surface area contributed by atoms with E-state index in [-0.39, 0.29) is 18.9 Å². The molecule has 0 aliphatic rings. The first-order chi connectivity index (χ1) is 11.8. The Bertz CT molecular complexity index is 866. The molecule has 0 spiro atoms. The molecule has 0 saturated heterocycles. The molecular weight excluding hydrogens is 342 g/mol. The van der Waals surface area contributed by atoms with Crippen molar-refractivity contribution in [3.05, 3.63) is 59.9 Å². The number of pyridine rings is 1. The molecule has 1 aromatic carbocycles. The molecule has 0 fully saturated rings. The fourth-order valence-corrected chi connectivity index (χ4v) is 2.89. The summed E-state index contributed by atoms with van der Waals surface area (Å²) in [5.74, 6) is -0.605. The van der Waals surface area contributed by atoms with Gasteiger partial charge in [-0.3, -0.25) is 14.6 Å². The smallest absolute Gasteiger partial charge is 0.239 e. The minimum Gasteiger partial charge on any atom is -0.325 e. The number of ketones is 1. The number of amides is 1. The highest BCUT2D eigenvalue weighted by Gasteiger charge is 2.20. The zero-order valence-corrected chi connectivity index (χ0v) is 14.8. The molecule has 0 atom stereocenters. The average Bonchev–Trinajstić information content (AvgIpc) is 2.54. The van der Waals surface area contributed by atoms with E-state index in [2.05, 4.69) is 10.3 Å². The first kappa shape index (κ1) is 18.8. The summed E-state index contributed by atoms with van der Waals surface area (Å²) in [6.45, 7) is 1.18. The first-order valence-corrected chi connectivity index (χ1v) is 9.35. The molecule has 25 heavy (non-hydrogen) atoms. The van der Waals surface area contributed by atoms with E-state index in [4.69, 9.17) is 0 Å². The summed E-state index contributed by atoms with van der Waals surface area (Å²) in [7, 11) is -3.57. The number of rotatable bonds is 7. The van der Waals surface area contributed by atoms with Gasteiger partial charge in [-0.05, 0) is 36.8 Å². The number of carbonyl (C=O) groups excluding carboxylic acids is 2. The van der Waals surface area contributed by atoms with Gasteiger partial charge in [-0.1, -0.05) is 12.1 Å². The number of sulfonamides is 1. The minimum absolute atomic E-state index is 0.0717. The molecule has 7 nitrogen and oxygen atoms in total. The maximum Gasteiger partial charge on any atom is 0.239 e. The van der Waals surface area contributed by atoms with Crippen LogP contribution in [0.4, 0.5) is 5.69 Å². The molecule has 1 amide bonds. The van der Waals surface area contributed by atoms with Gasteiger partial charge in [0.1, 0.15) is 0 Å². The van der Waals surface area contributed by atoms with Crippen molar-refractivity contribution in [1.29, 1.82) is 0 Å². The maximum absolute atomic E-state index is 12.2. The number of Topliss-reactive ketones (excluding diaryl/α,β-unsaturated/α-hetero) is 1. The van der Waals surface area contributed by atoms with E-state index < -0.39 is 15.9 Å². The Hall–Kier alpha value is -2.58. The molecule has 2 aromatic rings. The number of carbonyl (C=O) groups is 2. The third kappa shape index (κ3) is 5.77. The number of hydrogen-bond donors (Lipinski definition) is 1. The summed E-state index contributed by atoms with van der Waals surface area (Å²) in [5.41, 5.74) is 1.64. The van der Waals surface area contributed by atoms with Crippen LogP contribution in [0.3, 0.4) is 0 Å². The Morgan fingerprint density at radius 2 is 1.84 bits per heavy atom. The fraction of sp³-hybridized carbons (Fsp3) is 0.235. The summed E-state index contributed by atoms with van der Waals surface area (Å²) >= 11 is 0. The van der Waals surface area contributed by atoms with Gasteiger partial charge in [-0.25, -0.2) is 8.42 Å². The lowest BCUT2D eigenvalue weighted by Gasteiger charge is -2.19. The van der Waals surface area contributed by atoms with E-state index in [1.807, 2.05) is 0 Å². The van der Waals surface area contributed by atoms with E-state index in [1.165, 1.54) is 6.92 Å². The first-order valence-electron chi connectivity index (χ1n) is 7.50. The lowest BCUT2D eigenvalue weighted by molar-refractivity contribution is -0.116. The number of benzene rings is 1. The molecule has 1 heterocycles. The van der Waals surface area contributed by atoms with Crippen molar-refractivity contribution in [3.8, 4) is 0 Å². The molecule has 0 radical (unpaired) electrons. The van der Waals surface area contributed by atoms with Crippen LogP contribution in [0.2, 0.25) is 0 Å². The van der Waals surface area contributed by atoms with Gasteiger partial charge >= 0.3 is 0 Å². The van der Waals surface area contributed by atoms with Crippen LogP contribution in [0, 0.1) is 0 Å². The van der Waals surface area contributed by atoms with Crippen molar-refractivity contribution in [2.24, 2.45) is 0 Å². The van der Waals surface area contributed by atoms with E-state index in [0.717, 1.165) is 16.1 Å². The van der Waals surface area contributed by atoms with E-state index in [1.54, 1.807) is 48.8 Å². The molecule has 0 saturated carbocycles. The lowest BCUT2D eigenvalue weighted by atomic mass is 10.1. The molecule has 8 heteroatoms. The molecule has 2 rings (SSSR count). The monoisotopic (exact) mass is 361 g/mol. The second-order valence-electron chi connectivity index (χ2n) is 5.57. The van der Waals surface area contributed by atoms with Crippen molar-refractivity contribution in [2.75, 3.05) is 18.1 Å². The Morgan fingerprint density at radius 3 is 2.44 bits per heavy atom. The third-order valence-electron chi connectivity index (χ3n) is 3.45. The van der Waals surface area contributed by atoms with Crippen molar-refractivity contribution in [2.45, 2.75) is 13.5 Å². The summed E-state index contributed by atoms with van der Waals surface area (Å²) in [6.07, 6.45) is 4.17. The van der Waals surface area contributed by atoms with Crippen molar-refractivity contribution in [3.63, 3.8) is 0 Å². The highest BCUT2D eigenvalue weighted by molar-refractivity contribution is 7.88. The van der Waals surface area contributed by atoms with Crippen LogP contribution in [0.5, 0.6) is 0 Å². The van der Waals surface area contributed by atoms with Gasteiger partial charge in [0, 0.05) is 30.2 Å². The Morgan fingerprint density at radius 1 is 1.16 bits per heavy atom. The summed E-state index contributed by atoms with van der Waals surface area (Å²) in [6, 6.07) is 9.85. The Balaban J connectivity index is 2.09. The van der Waals surface area contributed by atoms with Gasteiger partial charge in [0.25, 0.3) is 0 Å². The molecule has 0 bridgehead atoms. The van der Waals surface area contributed by atoms with Crippen LogP contribution in [0.25, 0.3) is 0 Å². The highest BCUT2D eigenvalue weighted by Crippen LogP contribution is 2.12. The SMILES string of the molecule is CC(=O)c1cccc(NC(=O)CN(Cc2ccncc2)S(C)(=O)=O)c1. The van der Waals surface area contributed by atoms with E-state index in [9.17, 15) is 18.0 Å². The Kier molecular flexibility index (Phi) is 6.00. The molecule has 0 unspecified atom stereocenters. The number of aromatic nitrogens is 1. The molecule has 1 aromatic heterocycles. The van der Waals surface area contributed by atoms with E-state index in [0.29, 0.717) is 11.3 Å². The van der Waals surface area contributed by atoms with Gasteiger partial charge in [-0.2, -0.15) is 4.31 Å². The van der Waals surface area contributed by atoms with Crippen LogP contribution >= 0.6 is 0 Å². The topological polar surface area (TPSA) is 96.4 Å². The van der Waals surface area contributed by atoms with Crippen LogP contribution < -0.4 is 5.32 Å². The minimum atomic E-state index is -3.57. The number of anilines is 1. The highest BCUT2D eigenvalue weighted by atomic mass is 32.2. The molecule has 0 aliphatic carbocycles. The van der Waals surface area contributed by atoms with E-state index >= 15 is 0 Å². The van der Waals surface area contributed by atoms with Crippen LogP contribution in [0.15, 0.2) is 48.8 Å². The second-order valence-corrected chi connectivity index (χ2v) is 7.55. The number of hydrogen-bond acceptors (Lipinski definition) is 5. The van der Waals surface area contributed by atoms with Gasteiger partial charge < -0.3 is 5.32 Å². The second kappa shape index (κ2) is 8.00.